The van der Waals surface area contributed by atoms with Crippen molar-refractivity contribution in [1.29, 1.82) is 0 Å². The first-order valence-electron chi connectivity index (χ1n) is 9.30. The van der Waals surface area contributed by atoms with E-state index < -0.39 is 17.7 Å². The molecule has 6 nitrogen and oxygen atoms in total. The van der Waals surface area contributed by atoms with E-state index in [4.69, 9.17) is 9.47 Å². The molecule has 0 radical (unpaired) electrons. The number of ether oxygens (including phenoxy) is 2. The van der Waals surface area contributed by atoms with Crippen LogP contribution >= 0.6 is 15.9 Å². The molecular weight excluding hydrogens is 467 g/mol. The van der Waals surface area contributed by atoms with Crippen LogP contribution in [0.15, 0.2) is 76.3 Å². The summed E-state index contributed by atoms with van der Waals surface area (Å²) in [6.45, 7) is 2.18. The van der Waals surface area contributed by atoms with Crippen molar-refractivity contribution in [3.8, 4) is 11.5 Å². The minimum absolute atomic E-state index is 0.266. The van der Waals surface area contributed by atoms with Gasteiger partial charge < -0.3 is 9.47 Å². The van der Waals surface area contributed by atoms with E-state index in [1.807, 2.05) is 6.92 Å². The molecule has 1 amide bonds. The molecule has 0 aliphatic heterocycles. The molecule has 3 aromatic carbocycles. The van der Waals surface area contributed by atoms with Gasteiger partial charge in [0.05, 0.1) is 18.4 Å². The summed E-state index contributed by atoms with van der Waals surface area (Å²) in [6.07, 6.45) is 1.42. The first-order chi connectivity index (χ1) is 15.0. The van der Waals surface area contributed by atoms with Gasteiger partial charge in [-0.05, 0) is 79.2 Å². The maximum absolute atomic E-state index is 12.9. The number of nitrogens with zero attached hydrogens (tertiary/aromatic N) is 1. The van der Waals surface area contributed by atoms with Crippen LogP contribution < -0.4 is 14.9 Å². The zero-order valence-electron chi connectivity index (χ0n) is 16.5. The second-order valence-electron chi connectivity index (χ2n) is 6.24. The average molecular weight is 485 g/mol. The number of esters is 1. The molecule has 3 rings (SSSR count). The van der Waals surface area contributed by atoms with E-state index in [9.17, 15) is 14.0 Å². The van der Waals surface area contributed by atoms with Gasteiger partial charge in [-0.25, -0.2) is 14.6 Å². The van der Waals surface area contributed by atoms with E-state index in [-0.39, 0.29) is 11.3 Å². The molecule has 0 saturated heterocycles. The minimum atomic E-state index is -0.513. The number of hydrazone groups is 1. The number of nitrogens with one attached hydrogen (secondary N) is 1. The number of carbonyl (C=O) groups excluding carboxylic acids is 2. The summed E-state index contributed by atoms with van der Waals surface area (Å²) in [5.74, 6) is -0.781. The Labute approximate surface area is 186 Å². The molecule has 0 aromatic heterocycles. The standard InChI is InChI=1S/C23H18BrFN2O4/c1-2-30-21-13-15(14-26-27-22(28)16-6-10-19(25)11-7-16)3-12-20(21)31-23(29)17-4-8-18(24)9-5-17/h3-14H,2H2,1H3,(H,27,28)/b26-14+. The lowest BCUT2D eigenvalue weighted by atomic mass is 10.2. The van der Waals surface area contributed by atoms with Crippen molar-refractivity contribution in [3.63, 3.8) is 0 Å². The van der Waals surface area contributed by atoms with Crippen molar-refractivity contribution in [1.82, 2.24) is 5.43 Å². The van der Waals surface area contributed by atoms with Gasteiger partial charge in [-0.15, -0.1) is 0 Å². The molecule has 0 saturated carbocycles. The third-order valence-corrected chi connectivity index (χ3v) is 4.56. The largest absolute Gasteiger partial charge is 0.490 e. The summed E-state index contributed by atoms with van der Waals surface area (Å²) in [6, 6.07) is 16.8. The number of benzene rings is 3. The van der Waals surface area contributed by atoms with E-state index in [0.717, 1.165) is 4.47 Å². The van der Waals surface area contributed by atoms with E-state index in [0.29, 0.717) is 23.5 Å². The Morgan fingerprint density at radius 2 is 1.68 bits per heavy atom. The second-order valence-corrected chi connectivity index (χ2v) is 7.16. The summed E-state index contributed by atoms with van der Waals surface area (Å²) in [5.41, 5.74) is 3.67. The molecule has 31 heavy (non-hydrogen) atoms. The zero-order valence-corrected chi connectivity index (χ0v) is 18.1. The molecule has 0 unspecified atom stereocenters. The fraction of sp³-hybridized carbons (Fsp3) is 0.0870. The Morgan fingerprint density at radius 1 is 1.00 bits per heavy atom. The van der Waals surface area contributed by atoms with Crippen LogP contribution in [0.5, 0.6) is 11.5 Å². The van der Waals surface area contributed by atoms with Gasteiger partial charge in [0, 0.05) is 10.0 Å². The zero-order chi connectivity index (χ0) is 22.2. The average Bonchev–Trinajstić information content (AvgIpc) is 2.76. The fourth-order valence-electron chi connectivity index (χ4n) is 2.53. The van der Waals surface area contributed by atoms with E-state index in [1.54, 1.807) is 42.5 Å². The number of hydrogen-bond donors (Lipinski definition) is 1. The van der Waals surface area contributed by atoms with Crippen LogP contribution in [0.2, 0.25) is 0 Å². The van der Waals surface area contributed by atoms with Crippen molar-refractivity contribution in [2.45, 2.75) is 6.92 Å². The van der Waals surface area contributed by atoms with Crippen LogP contribution in [0.25, 0.3) is 0 Å². The SMILES string of the molecule is CCOc1cc(/C=N/NC(=O)c2ccc(F)cc2)ccc1OC(=O)c1ccc(Br)cc1. The maximum Gasteiger partial charge on any atom is 0.343 e. The Morgan fingerprint density at radius 3 is 2.35 bits per heavy atom. The lowest BCUT2D eigenvalue weighted by Crippen LogP contribution is -2.17. The topological polar surface area (TPSA) is 77.0 Å². The number of hydrogen-bond acceptors (Lipinski definition) is 5. The van der Waals surface area contributed by atoms with Crippen LogP contribution in [0.3, 0.4) is 0 Å². The third kappa shape index (κ3) is 6.23. The predicted octanol–water partition coefficient (Wildman–Crippen LogP) is 4.97. The summed E-state index contributed by atoms with van der Waals surface area (Å²) in [4.78, 5) is 24.4. The molecule has 0 aliphatic carbocycles. The summed E-state index contributed by atoms with van der Waals surface area (Å²) < 4.78 is 24.8. The molecule has 3 aromatic rings. The van der Waals surface area contributed by atoms with Crippen LogP contribution in [0.4, 0.5) is 4.39 Å². The number of carbonyl (C=O) groups is 2. The van der Waals surface area contributed by atoms with Crippen molar-refractivity contribution >= 4 is 34.0 Å². The van der Waals surface area contributed by atoms with Gasteiger partial charge in [0.2, 0.25) is 0 Å². The lowest BCUT2D eigenvalue weighted by molar-refractivity contribution is 0.0728. The molecule has 0 bridgehead atoms. The smallest absolute Gasteiger partial charge is 0.343 e. The molecule has 0 atom stereocenters. The lowest BCUT2D eigenvalue weighted by Gasteiger charge is -2.11. The molecule has 0 aliphatic rings. The quantitative estimate of drug-likeness (QED) is 0.222. The molecule has 0 heterocycles. The highest BCUT2D eigenvalue weighted by Gasteiger charge is 2.13. The summed E-state index contributed by atoms with van der Waals surface area (Å²) >= 11 is 3.32. The Balaban J connectivity index is 1.69. The highest BCUT2D eigenvalue weighted by atomic mass is 79.9. The van der Waals surface area contributed by atoms with Gasteiger partial charge in [0.1, 0.15) is 5.82 Å². The second kappa shape index (κ2) is 10.5. The molecule has 158 valence electrons. The van der Waals surface area contributed by atoms with Crippen LogP contribution in [0.1, 0.15) is 33.2 Å². The van der Waals surface area contributed by atoms with E-state index >= 15 is 0 Å². The number of rotatable bonds is 7. The van der Waals surface area contributed by atoms with Crippen LogP contribution in [0, 0.1) is 5.82 Å². The van der Waals surface area contributed by atoms with Gasteiger partial charge in [-0.3, -0.25) is 4.79 Å². The number of halogens is 2. The minimum Gasteiger partial charge on any atom is -0.490 e. The van der Waals surface area contributed by atoms with Crippen LogP contribution in [-0.4, -0.2) is 24.7 Å². The van der Waals surface area contributed by atoms with E-state index in [2.05, 4.69) is 26.5 Å². The van der Waals surface area contributed by atoms with Gasteiger partial charge >= 0.3 is 5.97 Å². The summed E-state index contributed by atoms with van der Waals surface area (Å²) in [5, 5.41) is 3.90. The molecular formula is C23H18BrFN2O4. The summed E-state index contributed by atoms with van der Waals surface area (Å²) in [7, 11) is 0. The Kier molecular flexibility index (Phi) is 7.50. The maximum atomic E-state index is 12.9. The van der Waals surface area contributed by atoms with Gasteiger partial charge in [0.15, 0.2) is 11.5 Å². The van der Waals surface area contributed by atoms with Crippen molar-refractivity contribution in [2.75, 3.05) is 6.61 Å². The normalized spacial score (nSPS) is 10.7. The van der Waals surface area contributed by atoms with Crippen molar-refractivity contribution in [2.24, 2.45) is 5.10 Å². The Bertz CT molecular complexity index is 1100. The monoisotopic (exact) mass is 484 g/mol. The fourth-order valence-corrected chi connectivity index (χ4v) is 2.80. The highest BCUT2D eigenvalue weighted by molar-refractivity contribution is 9.10. The molecule has 8 heteroatoms. The highest BCUT2D eigenvalue weighted by Crippen LogP contribution is 2.29. The first-order valence-corrected chi connectivity index (χ1v) is 10.1. The van der Waals surface area contributed by atoms with E-state index in [1.165, 1.54) is 30.5 Å². The van der Waals surface area contributed by atoms with Gasteiger partial charge in [-0.2, -0.15) is 5.10 Å². The third-order valence-electron chi connectivity index (χ3n) is 4.04. The first kappa shape index (κ1) is 22.2. The molecule has 0 fully saturated rings. The Hall–Kier alpha value is -3.52. The van der Waals surface area contributed by atoms with Crippen LogP contribution in [-0.2, 0) is 0 Å². The molecule has 1 N–H and O–H groups in total. The van der Waals surface area contributed by atoms with Gasteiger partial charge in [0.25, 0.3) is 5.91 Å². The van der Waals surface area contributed by atoms with Crippen molar-refractivity contribution in [3.05, 3.63) is 93.7 Å². The molecule has 0 spiro atoms. The van der Waals surface area contributed by atoms with Gasteiger partial charge in [-0.1, -0.05) is 15.9 Å². The number of amides is 1. The van der Waals surface area contributed by atoms with Crippen molar-refractivity contribution < 1.29 is 23.5 Å². The predicted molar refractivity (Wildman–Crippen MR) is 118 cm³/mol.